The van der Waals surface area contributed by atoms with E-state index in [0.717, 1.165) is 11.1 Å². The summed E-state index contributed by atoms with van der Waals surface area (Å²) in [5.74, 6) is 0.0229. The van der Waals surface area contributed by atoms with E-state index >= 15 is 0 Å². The number of hydrogen-bond donors (Lipinski definition) is 0. The van der Waals surface area contributed by atoms with E-state index in [2.05, 4.69) is 13.8 Å². The number of sulfonamides is 1. The van der Waals surface area contributed by atoms with Crippen molar-refractivity contribution < 1.29 is 12.8 Å². The van der Waals surface area contributed by atoms with Gasteiger partial charge >= 0.3 is 0 Å². The molecule has 1 aliphatic heterocycles. The number of anilines is 1. The Balaban J connectivity index is 2.01. The van der Waals surface area contributed by atoms with Crippen LogP contribution in [0.2, 0.25) is 0 Å². The first kappa shape index (κ1) is 16.0. The largest absolute Gasteiger partial charge is 0.266 e. The number of nitrogens with zero attached hydrogens (tertiary/aromatic N) is 1. The smallest absolute Gasteiger partial charge is 0.264 e. The Morgan fingerprint density at radius 1 is 1.09 bits per heavy atom. The normalized spacial score (nSPS) is 14.9. The standard InChI is InChI=1S/C18H20FNO2S/c1-13(2)14-5-8-17(9-6-14)23(21,22)20-11-3-4-15-12-16(19)7-10-18(15)20/h5-10,12-13H,3-4,11H2,1-2H3. The Kier molecular flexibility index (Phi) is 4.15. The van der Waals surface area contributed by atoms with Crippen molar-refractivity contribution in [2.24, 2.45) is 0 Å². The minimum absolute atomic E-state index is 0.277. The van der Waals surface area contributed by atoms with Gasteiger partial charge in [0.2, 0.25) is 0 Å². The molecule has 3 nitrogen and oxygen atoms in total. The Bertz CT molecular complexity index is 813. The third-order valence-corrected chi connectivity index (χ3v) is 6.08. The van der Waals surface area contributed by atoms with Crippen molar-refractivity contribution in [2.45, 2.75) is 37.5 Å². The van der Waals surface area contributed by atoms with Crippen molar-refractivity contribution in [1.29, 1.82) is 0 Å². The van der Waals surface area contributed by atoms with Crippen LogP contribution in [0.5, 0.6) is 0 Å². The summed E-state index contributed by atoms with van der Waals surface area (Å²) in [5, 5.41) is 0. The molecule has 3 rings (SSSR count). The number of aryl methyl sites for hydroxylation is 1. The molecule has 0 saturated carbocycles. The topological polar surface area (TPSA) is 37.4 Å². The maximum absolute atomic E-state index is 13.4. The summed E-state index contributed by atoms with van der Waals surface area (Å²) in [7, 11) is -3.62. The molecule has 0 unspecified atom stereocenters. The van der Waals surface area contributed by atoms with Gasteiger partial charge in [-0.1, -0.05) is 26.0 Å². The molecule has 1 heterocycles. The minimum Gasteiger partial charge on any atom is -0.266 e. The molecular formula is C18H20FNO2S. The van der Waals surface area contributed by atoms with E-state index in [1.807, 2.05) is 12.1 Å². The van der Waals surface area contributed by atoms with Crippen LogP contribution in [0.15, 0.2) is 47.4 Å². The van der Waals surface area contributed by atoms with Crippen molar-refractivity contribution >= 4 is 15.7 Å². The van der Waals surface area contributed by atoms with Crippen LogP contribution in [0.25, 0.3) is 0 Å². The van der Waals surface area contributed by atoms with Gasteiger partial charge in [-0.2, -0.15) is 0 Å². The number of fused-ring (bicyclic) bond motifs is 1. The highest BCUT2D eigenvalue weighted by Crippen LogP contribution is 2.32. The number of rotatable bonds is 3. The van der Waals surface area contributed by atoms with Crippen LogP contribution in [0, 0.1) is 5.82 Å². The van der Waals surface area contributed by atoms with Crippen LogP contribution in [0.3, 0.4) is 0 Å². The molecule has 2 aromatic rings. The van der Waals surface area contributed by atoms with Gasteiger partial charge in [-0.05, 0) is 60.2 Å². The van der Waals surface area contributed by atoms with Gasteiger partial charge in [-0.15, -0.1) is 0 Å². The lowest BCUT2D eigenvalue weighted by Crippen LogP contribution is -2.35. The zero-order valence-electron chi connectivity index (χ0n) is 13.3. The van der Waals surface area contributed by atoms with Crippen LogP contribution in [0.1, 0.15) is 37.3 Å². The fourth-order valence-corrected chi connectivity index (χ4v) is 4.47. The molecule has 0 saturated heterocycles. The molecule has 5 heteroatoms. The molecule has 0 spiro atoms. The molecule has 0 aromatic heterocycles. The average molecular weight is 333 g/mol. The number of halogens is 1. The zero-order chi connectivity index (χ0) is 16.6. The molecule has 1 aliphatic rings. The Morgan fingerprint density at radius 2 is 1.78 bits per heavy atom. The van der Waals surface area contributed by atoms with E-state index in [0.29, 0.717) is 31.0 Å². The van der Waals surface area contributed by atoms with Crippen molar-refractivity contribution in [3.8, 4) is 0 Å². The van der Waals surface area contributed by atoms with Crippen LogP contribution in [0.4, 0.5) is 10.1 Å². The lowest BCUT2D eigenvalue weighted by molar-refractivity contribution is 0.585. The molecule has 0 radical (unpaired) electrons. The molecule has 23 heavy (non-hydrogen) atoms. The van der Waals surface area contributed by atoms with Gasteiger partial charge in [-0.25, -0.2) is 12.8 Å². The highest BCUT2D eigenvalue weighted by atomic mass is 32.2. The predicted molar refractivity (Wildman–Crippen MR) is 89.8 cm³/mol. The Hall–Kier alpha value is -1.88. The highest BCUT2D eigenvalue weighted by Gasteiger charge is 2.29. The van der Waals surface area contributed by atoms with Crippen LogP contribution in [-0.2, 0) is 16.4 Å². The van der Waals surface area contributed by atoms with Crippen LogP contribution >= 0.6 is 0 Å². The summed E-state index contributed by atoms with van der Waals surface area (Å²) in [4.78, 5) is 0.277. The van der Waals surface area contributed by atoms with Gasteiger partial charge in [0.05, 0.1) is 10.6 Å². The second-order valence-corrected chi connectivity index (χ2v) is 8.04. The molecular weight excluding hydrogens is 313 g/mol. The first-order valence-corrected chi connectivity index (χ1v) is 9.25. The van der Waals surface area contributed by atoms with Crippen molar-refractivity contribution in [1.82, 2.24) is 0 Å². The van der Waals surface area contributed by atoms with Crippen LogP contribution in [-0.4, -0.2) is 15.0 Å². The summed E-state index contributed by atoms with van der Waals surface area (Å²) in [6, 6.07) is 11.3. The van der Waals surface area contributed by atoms with E-state index in [1.165, 1.54) is 16.4 Å². The molecule has 0 fully saturated rings. The fraction of sp³-hybridized carbons (Fsp3) is 0.333. The Morgan fingerprint density at radius 3 is 2.43 bits per heavy atom. The van der Waals surface area contributed by atoms with E-state index in [-0.39, 0.29) is 10.7 Å². The monoisotopic (exact) mass is 333 g/mol. The van der Waals surface area contributed by atoms with Gasteiger partial charge in [0.1, 0.15) is 5.82 Å². The van der Waals surface area contributed by atoms with Gasteiger partial charge in [0.15, 0.2) is 0 Å². The first-order chi connectivity index (χ1) is 10.9. The first-order valence-electron chi connectivity index (χ1n) is 7.81. The summed E-state index contributed by atoms with van der Waals surface area (Å²) in [5.41, 5.74) is 2.44. The summed E-state index contributed by atoms with van der Waals surface area (Å²) in [6.07, 6.45) is 1.39. The fourth-order valence-electron chi connectivity index (χ4n) is 2.93. The van der Waals surface area contributed by atoms with Crippen molar-refractivity contribution in [2.75, 3.05) is 10.8 Å². The Labute approximate surface area is 136 Å². The second-order valence-electron chi connectivity index (χ2n) is 6.18. The number of hydrogen-bond acceptors (Lipinski definition) is 2. The molecule has 0 amide bonds. The van der Waals surface area contributed by atoms with Gasteiger partial charge in [0, 0.05) is 6.54 Å². The summed E-state index contributed by atoms with van der Waals surface area (Å²) in [6.45, 7) is 4.56. The van der Waals surface area contributed by atoms with E-state index < -0.39 is 10.0 Å². The van der Waals surface area contributed by atoms with Crippen LogP contribution < -0.4 is 4.31 Å². The average Bonchev–Trinajstić information content (AvgIpc) is 2.54. The number of benzene rings is 2. The third-order valence-electron chi connectivity index (χ3n) is 4.25. The molecule has 0 aliphatic carbocycles. The third kappa shape index (κ3) is 2.98. The lowest BCUT2D eigenvalue weighted by atomic mass is 10.0. The van der Waals surface area contributed by atoms with Gasteiger partial charge < -0.3 is 0 Å². The zero-order valence-corrected chi connectivity index (χ0v) is 14.1. The molecule has 0 atom stereocenters. The lowest BCUT2D eigenvalue weighted by Gasteiger charge is -2.30. The maximum Gasteiger partial charge on any atom is 0.264 e. The molecule has 2 aromatic carbocycles. The molecule has 122 valence electrons. The minimum atomic E-state index is -3.62. The maximum atomic E-state index is 13.4. The summed E-state index contributed by atoms with van der Waals surface area (Å²) < 4.78 is 40.7. The quantitative estimate of drug-likeness (QED) is 0.848. The molecule has 0 N–H and O–H groups in total. The predicted octanol–water partition coefficient (Wildman–Crippen LogP) is 4.09. The van der Waals surface area contributed by atoms with Crippen molar-refractivity contribution in [3.05, 3.63) is 59.4 Å². The highest BCUT2D eigenvalue weighted by molar-refractivity contribution is 7.92. The van der Waals surface area contributed by atoms with Gasteiger partial charge in [-0.3, -0.25) is 4.31 Å². The van der Waals surface area contributed by atoms with Gasteiger partial charge in [0.25, 0.3) is 10.0 Å². The van der Waals surface area contributed by atoms with Crippen molar-refractivity contribution in [3.63, 3.8) is 0 Å². The second kappa shape index (κ2) is 5.96. The molecule has 0 bridgehead atoms. The van der Waals surface area contributed by atoms with E-state index in [4.69, 9.17) is 0 Å². The SMILES string of the molecule is CC(C)c1ccc(S(=O)(=O)N2CCCc3cc(F)ccc32)cc1. The summed E-state index contributed by atoms with van der Waals surface area (Å²) >= 11 is 0. The van der Waals surface area contributed by atoms with E-state index in [9.17, 15) is 12.8 Å². The van der Waals surface area contributed by atoms with E-state index in [1.54, 1.807) is 18.2 Å².